The molecule has 3 aromatic carbocycles. The average Bonchev–Trinajstić information content (AvgIpc) is 2.94. The second kappa shape index (κ2) is 11.2. The van der Waals surface area contributed by atoms with Crippen LogP contribution in [-0.4, -0.2) is 53.6 Å². The summed E-state index contributed by atoms with van der Waals surface area (Å²) in [7, 11) is 0. The number of para-hydroxylation sites is 1. The molecule has 0 aliphatic carbocycles. The first-order valence-corrected chi connectivity index (χ1v) is 12.8. The minimum atomic E-state index is 0.00679. The molecule has 1 aromatic heterocycles. The van der Waals surface area contributed by atoms with Crippen molar-refractivity contribution >= 4 is 11.7 Å². The number of carbonyl (C=O) groups is 1. The second-order valence-electron chi connectivity index (χ2n) is 9.44. The van der Waals surface area contributed by atoms with Gasteiger partial charge in [-0.15, -0.1) is 0 Å². The number of aromatic nitrogens is 2. The van der Waals surface area contributed by atoms with E-state index in [1.54, 1.807) is 0 Å². The summed E-state index contributed by atoms with van der Waals surface area (Å²) in [5.74, 6) is 2.41. The summed E-state index contributed by atoms with van der Waals surface area (Å²) in [5, 5.41) is 0. The van der Waals surface area contributed by atoms with Crippen LogP contribution in [0.4, 0.5) is 5.82 Å². The van der Waals surface area contributed by atoms with Gasteiger partial charge < -0.3 is 14.5 Å². The van der Waals surface area contributed by atoms with Crippen LogP contribution in [0.2, 0.25) is 0 Å². The maximum atomic E-state index is 12.8. The summed E-state index contributed by atoms with van der Waals surface area (Å²) in [5.41, 5.74) is 5.54. The summed E-state index contributed by atoms with van der Waals surface area (Å²) >= 11 is 0. The van der Waals surface area contributed by atoms with E-state index in [-0.39, 0.29) is 12.5 Å². The third-order valence-electron chi connectivity index (χ3n) is 6.73. The molecule has 0 spiro atoms. The van der Waals surface area contributed by atoms with Crippen LogP contribution in [0.5, 0.6) is 5.75 Å². The molecule has 5 rings (SSSR count). The number of amides is 1. The molecule has 1 aliphatic rings. The van der Waals surface area contributed by atoms with Gasteiger partial charge in [0.05, 0.1) is 0 Å². The highest BCUT2D eigenvalue weighted by Crippen LogP contribution is 2.28. The zero-order valence-corrected chi connectivity index (χ0v) is 21.4. The SMILES string of the molecule is Cc1cccc(-c2nc(C)c(Cc3ccccc3)c(N3CCN(C(=O)COc4ccccc4)CC3)n2)c1. The Kier molecular flexibility index (Phi) is 7.45. The Morgan fingerprint density at radius 2 is 1.54 bits per heavy atom. The molecule has 2 heterocycles. The number of benzene rings is 3. The minimum Gasteiger partial charge on any atom is -0.484 e. The fourth-order valence-corrected chi connectivity index (χ4v) is 4.68. The molecule has 0 N–H and O–H groups in total. The zero-order valence-electron chi connectivity index (χ0n) is 21.4. The number of aryl methyl sites for hydroxylation is 2. The first kappa shape index (κ1) is 24.5. The van der Waals surface area contributed by atoms with Gasteiger partial charge in [0.15, 0.2) is 12.4 Å². The van der Waals surface area contributed by atoms with Crippen LogP contribution >= 0.6 is 0 Å². The molecular formula is C31H32N4O2. The van der Waals surface area contributed by atoms with Crippen LogP contribution in [0.15, 0.2) is 84.9 Å². The lowest BCUT2D eigenvalue weighted by molar-refractivity contribution is -0.133. The van der Waals surface area contributed by atoms with E-state index in [2.05, 4.69) is 61.2 Å². The third kappa shape index (κ3) is 5.97. The maximum Gasteiger partial charge on any atom is 0.260 e. The van der Waals surface area contributed by atoms with Crippen molar-refractivity contribution in [2.75, 3.05) is 37.7 Å². The van der Waals surface area contributed by atoms with Crippen molar-refractivity contribution in [3.63, 3.8) is 0 Å². The lowest BCUT2D eigenvalue weighted by atomic mass is 10.0. The summed E-state index contributed by atoms with van der Waals surface area (Å²) in [6.07, 6.45) is 0.764. The van der Waals surface area contributed by atoms with Crippen LogP contribution in [0.1, 0.15) is 22.4 Å². The van der Waals surface area contributed by atoms with E-state index in [1.807, 2.05) is 47.4 Å². The smallest absolute Gasteiger partial charge is 0.260 e. The monoisotopic (exact) mass is 492 g/mol. The molecule has 37 heavy (non-hydrogen) atoms. The van der Waals surface area contributed by atoms with E-state index >= 15 is 0 Å². The molecule has 0 atom stereocenters. The Bertz CT molecular complexity index is 1350. The predicted octanol–water partition coefficient (Wildman–Crippen LogP) is 5.08. The van der Waals surface area contributed by atoms with Crippen molar-refractivity contribution in [3.05, 3.63) is 107 Å². The summed E-state index contributed by atoms with van der Waals surface area (Å²) in [6, 6.07) is 28.2. The van der Waals surface area contributed by atoms with Crippen molar-refractivity contribution in [1.29, 1.82) is 0 Å². The van der Waals surface area contributed by atoms with Gasteiger partial charge in [0.1, 0.15) is 11.6 Å². The Labute approximate surface area is 218 Å². The molecule has 0 saturated carbocycles. The molecule has 1 aliphatic heterocycles. The first-order valence-electron chi connectivity index (χ1n) is 12.8. The minimum absolute atomic E-state index is 0.00679. The van der Waals surface area contributed by atoms with Crippen molar-refractivity contribution in [2.24, 2.45) is 0 Å². The normalized spacial score (nSPS) is 13.5. The number of piperazine rings is 1. The van der Waals surface area contributed by atoms with Crippen molar-refractivity contribution < 1.29 is 9.53 Å². The van der Waals surface area contributed by atoms with Gasteiger partial charge in [0.2, 0.25) is 0 Å². The Morgan fingerprint density at radius 1 is 0.838 bits per heavy atom. The average molecular weight is 493 g/mol. The highest BCUT2D eigenvalue weighted by molar-refractivity contribution is 5.78. The molecular weight excluding hydrogens is 460 g/mol. The van der Waals surface area contributed by atoms with E-state index in [0.29, 0.717) is 31.9 Å². The van der Waals surface area contributed by atoms with Crippen LogP contribution in [0, 0.1) is 13.8 Å². The molecule has 188 valence electrons. The fourth-order valence-electron chi connectivity index (χ4n) is 4.68. The number of ether oxygens (including phenoxy) is 1. The van der Waals surface area contributed by atoms with Gasteiger partial charge in [-0.2, -0.15) is 0 Å². The molecule has 0 radical (unpaired) electrons. The molecule has 0 unspecified atom stereocenters. The van der Waals surface area contributed by atoms with Crippen molar-refractivity contribution in [3.8, 4) is 17.1 Å². The number of carbonyl (C=O) groups excluding carboxylic acids is 1. The second-order valence-corrected chi connectivity index (χ2v) is 9.44. The molecule has 4 aromatic rings. The van der Waals surface area contributed by atoms with Gasteiger partial charge in [-0.05, 0) is 37.6 Å². The van der Waals surface area contributed by atoms with Gasteiger partial charge in [0.25, 0.3) is 5.91 Å². The molecule has 1 saturated heterocycles. The summed E-state index contributed by atoms with van der Waals surface area (Å²) < 4.78 is 5.68. The molecule has 6 heteroatoms. The fraction of sp³-hybridized carbons (Fsp3) is 0.258. The van der Waals surface area contributed by atoms with Crippen LogP contribution < -0.4 is 9.64 Å². The van der Waals surface area contributed by atoms with E-state index in [4.69, 9.17) is 14.7 Å². The van der Waals surface area contributed by atoms with Gasteiger partial charge in [0, 0.05) is 49.4 Å². The van der Waals surface area contributed by atoms with Crippen LogP contribution in [0.3, 0.4) is 0 Å². The largest absolute Gasteiger partial charge is 0.484 e. The van der Waals surface area contributed by atoms with E-state index in [0.717, 1.165) is 34.9 Å². The lowest BCUT2D eigenvalue weighted by Crippen LogP contribution is -2.50. The zero-order chi connectivity index (χ0) is 25.6. The maximum absolute atomic E-state index is 12.8. The Balaban J connectivity index is 1.36. The lowest BCUT2D eigenvalue weighted by Gasteiger charge is -2.36. The van der Waals surface area contributed by atoms with Crippen molar-refractivity contribution in [1.82, 2.24) is 14.9 Å². The van der Waals surface area contributed by atoms with Crippen LogP contribution in [0.25, 0.3) is 11.4 Å². The highest BCUT2D eigenvalue weighted by Gasteiger charge is 2.25. The van der Waals surface area contributed by atoms with Crippen molar-refractivity contribution in [2.45, 2.75) is 20.3 Å². The van der Waals surface area contributed by atoms with Gasteiger partial charge in [-0.3, -0.25) is 4.79 Å². The van der Waals surface area contributed by atoms with Gasteiger partial charge >= 0.3 is 0 Å². The third-order valence-corrected chi connectivity index (χ3v) is 6.73. The summed E-state index contributed by atoms with van der Waals surface area (Å²) in [6.45, 7) is 6.88. The predicted molar refractivity (Wildman–Crippen MR) is 147 cm³/mol. The number of anilines is 1. The molecule has 1 fully saturated rings. The van der Waals surface area contributed by atoms with E-state index < -0.39 is 0 Å². The number of hydrogen-bond donors (Lipinski definition) is 0. The van der Waals surface area contributed by atoms with E-state index in [9.17, 15) is 4.79 Å². The first-order chi connectivity index (χ1) is 18.1. The number of rotatable bonds is 7. The van der Waals surface area contributed by atoms with Crippen LogP contribution in [-0.2, 0) is 11.2 Å². The number of nitrogens with zero attached hydrogens (tertiary/aromatic N) is 4. The molecule has 0 bridgehead atoms. The highest BCUT2D eigenvalue weighted by atomic mass is 16.5. The van der Waals surface area contributed by atoms with E-state index in [1.165, 1.54) is 11.1 Å². The Hall–Kier alpha value is -4.19. The molecule has 6 nitrogen and oxygen atoms in total. The van der Waals surface area contributed by atoms with Gasteiger partial charge in [-0.1, -0.05) is 72.3 Å². The number of hydrogen-bond acceptors (Lipinski definition) is 5. The quantitative estimate of drug-likeness (QED) is 0.360. The standard InChI is InChI=1S/C31H32N4O2/c1-23-10-9-13-26(20-23)30-32-24(2)28(21-25-11-5-3-6-12-25)31(33-30)35-18-16-34(17-19-35)29(36)22-37-27-14-7-4-8-15-27/h3-15,20H,16-19,21-22H2,1-2H3. The topological polar surface area (TPSA) is 58.6 Å². The Morgan fingerprint density at radius 3 is 2.24 bits per heavy atom. The molecule has 1 amide bonds. The summed E-state index contributed by atoms with van der Waals surface area (Å²) in [4.78, 5) is 27.0. The van der Waals surface area contributed by atoms with Gasteiger partial charge in [-0.25, -0.2) is 9.97 Å².